The van der Waals surface area contributed by atoms with Gasteiger partial charge in [-0.3, -0.25) is 14.4 Å². The Balaban J connectivity index is 4.01. The van der Waals surface area contributed by atoms with Crippen LogP contribution in [0.15, 0.2) is 0 Å². The minimum atomic E-state index is -1.12. The van der Waals surface area contributed by atoms with Crippen molar-refractivity contribution < 1.29 is 19.5 Å². The second kappa shape index (κ2) is 8.66. The van der Waals surface area contributed by atoms with Crippen molar-refractivity contribution in [3.05, 3.63) is 0 Å². The lowest BCUT2D eigenvalue weighted by molar-refractivity contribution is -0.138. The van der Waals surface area contributed by atoms with Crippen LogP contribution in [-0.4, -0.2) is 42.5 Å². The summed E-state index contributed by atoms with van der Waals surface area (Å²) >= 11 is 0. The van der Waals surface area contributed by atoms with Crippen molar-refractivity contribution in [2.75, 3.05) is 13.1 Å². The molecule has 16 heavy (non-hydrogen) atoms. The average Bonchev–Trinajstić information content (AvgIpc) is 2.25. The zero-order valence-corrected chi connectivity index (χ0v) is 8.94. The molecule has 0 aliphatic carbocycles. The van der Waals surface area contributed by atoms with Gasteiger partial charge in [-0.2, -0.15) is 0 Å². The third-order valence-electron chi connectivity index (χ3n) is 1.95. The number of nitrogens with one attached hydrogen (secondary N) is 2. The number of aliphatic carboxylic acids is 1. The van der Waals surface area contributed by atoms with Crippen molar-refractivity contribution in [1.29, 1.82) is 0 Å². The molecular weight excluding hydrogens is 214 g/mol. The molecule has 0 spiro atoms. The van der Waals surface area contributed by atoms with Gasteiger partial charge in [0.25, 0.3) is 0 Å². The summed E-state index contributed by atoms with van der Waals surface area (Å²) in [6.07, 6.45) is 2.32. The number of unbranched alkanes of at least 4 members (excludes halogenated alkanes) is 1. The second-order valence-corrected chi connectivity index (χ2v) is 3.23. The van der Waals surface area contributed by atoms with E-state index in [4.69, 9.17) is 10.8 Å². The molecule has 1 atom stereocenters. The Bertz CT molecular complexity index is 245. The van der Waals surface area contributed by atoms with E-state index >= 15 is 0 Å². The Morgan fingerprint density at radius 3 is 2.56 bits per heavy atom. The predicted octanol–water partition coefficient (Wildman–Crippen LogP) is -1.57. The zero-order valence-electron chi connectivity index (χ0n) is 8.94. The Hall–Kier alpha value is -1.63. The summed E-state index contributed by atoms with van der Waals surface area (Å²) in [6.45, 7) is 0.0668. The highest BCUT2D eigenvalue weighted by molar-refractivity contribution is 5.86. The van der Waals surface area contributed by atoms with Crippen molar-refractivity contribution in [1.82, 2.24) is 10.6 Å². The first-order valence-corrected chi connectivity index (χ1v) is 5.01. The summed E-state index contributed by atoms with van der Waals surface area (Å²) in [5.41, 5.74) is 5.29. The van der Waals surface area contributed by atoms with E-state index in [1.54, 1.807) is 0 Å². The van der Waals surface area contributed by atoms with Crippen LogP contribution in [-0.2, 0) is 14.4 Å². The van der Waals surface area contributed by atoms with Gasteiger partial charge in [0.05, 0.1) is 0 Å². The van der Waals surface area contributed by atoms with Gasteiger partial charge in [0.15, 0.2) is 0 Å². The van der Waals surface area contributed by atoms with E-state index in [9.17, 15) is 14.4 Å². The number of amides is 2. The van der Waals surface area contributed by atoms with Crippen molar-refractivity contribution in [2.24, 2.45) is 5.73 Å². The van der Waals surface area contributed by atoms with Crippen molar-refractivity contribution >= 4 is 18.3 Å². The molecule has 2 amide bonds. The van der Waals surface area contributed by atoms with E-state index in [-0.39, 0.29) is 0 Å². The van der Waals surface area contributed by atoms with Crippen molar-refractivity contribution in [2.45, 2.75) is 25.3 Å². The van der Waals surface area contributed by atoms with E-state index in [1.807, 2.05) is 0 Å². The van der Waals surface area contributed by atoms with Gasteiger partial charge in [-0.25, -0.2) is 0 Å². The van der Waals surface area contributed by atoms with Crippen LogP contribution in [0.5, 0.6) is 0 Å². The fourth-order valence-corrected chi connectivity index (χ4v) is 1.15. The molecule has 0 saturated heterocycles. The molecule has 1 unspecified atom stereocenters. The molecule has 0 rings (SSSR count). The monoisotopic (exact) mass is 231 g/mol. The molecule has 0 fully saturated rings. The molecule has 0 aliphatic heterocycles. The lowest BCUT2D eigenvalue weighted by Gasteiger charge is -2.14. The summed E-state index contributed by atoms with van der Waals surface area (Å²) in [7, 11) is 0. The number of carboxylic acid groups (broad SMARTS) is 1. The number of hydrogen-bond donors (Lipinski definition) is 4. The van der Waals surface area contributed by atoms with Crippen molar-refractivity contribution in [3.63, 3.8) is 0 Å². The SMILES string of the molecule is NCCCCC(NC=O)C(=O)NCC(=O)O. The normalized spacial score (nSPS) is 11.6. The number of carboxylic acids is 1. The van der Waals surface area contributed by atoms with Gasteiger partial charge in [-0.05, 0) is 25.8 Å². The van der Waals surface area contributed by atoms with Crippen LogP contribution in [0.25, 0.3) is 0 Å². The fraction of sp³-hybridized carbons (Fsp3) is 0.667. The Morgan fingerprint density at radius 1 is 1.38 bits per heavy atom. The van der Waals surface area contributed by atoms with Crippen LogP contribution < -0.4 is 16.4 Å². The average molecular weight is 231 g/mol. The van der Waals surface area contributed by atoms with E-state index in [0.717, 1.165) is 6.42 Å². The molecule has 0 aliphatic rings. The van der Waals surface area contributed by atoms with Crippen molar-refractivity contribution in [3.8, 4) is 0 Å². The van der Waals surface area contributed by atoms with Crippen LogP contribution in [0.3, 0.4) is 0 Å². The lowest BCUT2D eigenvalue weighted by Crippen LogP contribution is -2.45. The molecule has 0 aromatic rings. The van der Waals surface area contributed by atoms with Gasteiger partial charge in [0.2, 0.25) is 12.3 Å². The van der Waals surface area contributed by atoms with Crippen LogP contribution in [0.1, 0.15) is 19.3 Å². The number of nitrogens with two attached hydrogens (primary N) is 1. The number of hydrogen-bond acceptors (Lipinski definition) is 4. The largest absolute Gasteiger partial charge is 0.480 e. The van der Waals surface area contributed by atoms with Crippen LogP contribution in [0, 0.1) is 0 Å². The molecule has 0 aromatic heterocycles. The molecule has 5 N–H and O–H groups in total. The maximum absolute atomic E-state index is 11.4. The zero-order chi connectivity index (χ0) is 12.4. The third kappa shape index (κ3) is 6.77. The van der Waals surface area contributed by atoms with Gasteiger partial charge in [0.1, 0.15) is 12.6 Å². The van der Waals surface area contributed by atoms with Crippen LogP contribution >= 0.6 is 0 Å². The molecule has 0 radical (unpaired) electrons. The summed E-state index contributed by atoms with van der Waals surface area (Å²) in [4.78, 5) is 31.9. The smallest absolute Gasteiger partial charge is 0.322 e. The topological polar surface area (TPSA) is 122 Å². The number of carbonyl (C=O) groups is 3. The first kappa shape index (κ1) is 14.4. The van der Waals surface area contributed by atoms with Crippen LogP contribution in [0.2, 0.25) is 0 Å². The standard InChI is InChI=1S/C9H17N3O4/c10-4-2-1-3-7(12-6-13)9(16)11-5-8(14)15/h6-7H,1-5,10H2,(H,11,16)(H,12,13)(H,14,15). The highest BCUT2D eigenvalue weighted by Gasteiger charge is 2.17. The van der Waals surface area contributed by atoms with Crippen LogP contribution in [0.4, 0.5) is 0 Å². The minimum Gasteiger partial charge on any atom is -0.480 e. The van der Waals surface area contributed by atoms with Gasteiger partial charge in [0, 0.05) is 0 Å². The molecule has 7 heteroatoms. The third-order valence-corrected chi connectivity index (χ3v) is 1.95. The first-order chi connectivity index (χ1) is 7.61. The van der Waals surface area contributed by atoms with Gasteiger partial charge in [-0.15, -0.1) is 0 Å². The van der Waals surface area contributed by atoms with Gasteiger partial charge < -0.3 is 21.5 Å². The number of carbonyl (C=O) groups excluding carboxylic acids is 2. The highest BCUT2D eigenvalue weighted by Crippen LogP contribution is 1.99. The summed E-state index contributed by atoms with van der Waals surface area (Å²) in [5.74, 6) is -1.62. The Kier molecular flexibility index (Phi) is 7.78. The molecule has 0 heterocycles. The quantitative estimate of drug-likeness (QED) is 0.282. The van der Waals surface area contributed by atoms with E-state index in [2.05, 4.69) is 10.6 Å². The molecule has 0 aromatic carbocycles. The fourth-order valence-electron chi connectivity index (χ4n) is 1.15. The first-order valence-electron chi connectivity index (χ1n) is 5.01. The van der Waals surface area contributed by atoms with Gasteiger partial charge >= 0.3 is 5.97 Å². The Morgan fingerprint density at radius 2 is 2.06 bits per heavy atom. The molecule has 0 saturated carbocycles. The summed E-state index contributed by atoms with van der Waals surface area (Å²) in [5, 5.41) is 12.9. The minimum absolute atomic E-state index is 0.424. The summed E-state index contributed by atoms with van der Waals surface area (Å²) < 4.78 is 0. The highest BCUT2D eigenvalue weighted by atomic mass is 16.4. The number of rotatable bonds is 9. The maximum Gasteiger partial charge on any atom is 0.322 e. The Labute approximate surface area is 93.4 Å². The maximum atomic E-state index is 11.4. The molecule has 92 valence electrons. The molecule has 0 bridgehead atoms. The molecule has 7 nitrogen and oxygen atoms in total. The summed E-state index contributed by atoms with van der Waals surface area (Å²) in [6, 6.07) is -0.691. The second-order valence-electron chi connectivity index (χ2n) is 3.23. The molecular formula is C9H17N3O4. The predicted molar refractivity (Wildman–Crippen MR) is 56.5 cm³/mol. The lowest BCUT2D eigenvalue weighted by atomic mass is 10.1. The van der Waals surface area contributed by atoms with E-state index < -0.39 is 24.5 Å². The van der Waals surface area contributed by atoms with E-state index in [1.165, 1.54) is 0 Å². The van der Waals surface area contributed by atoms with E-state index in [0.29, 0.717) is 25.8 Å². The van der Waals surface area contributed by atoms with Gasteiger partial charge in [-0.1, -0.05) is 0 Å².